The Morgan fingerprint density at radius 2 is 1.95 bits per heavy atom. The average molecular weight is 324 g/mol. The molecule has 20 heavy (non-hydrogen) atoms. The molecule has 0 aliphatic carbocycles. The molecule has 0 heterocycles. The largest absolute Gasteiger partial charge is 0.395 e. The van der Waals surface area contributed by atoms with Gasteiger partial charge in [0.1, 0.15) is 10.7 Å². The Labute approximate surface area is 124 Å². The zero-order chi connectivity index (χ0) is 15.3. The van der Waals surface area contributed by atoms with Crippen LogP contribution in [0.5, 0.6) is 0 Å². The Morgan fingerprint density at radius 1 is 1.35 bits per heavy atom. The molecule has 0 fully saturated rings. The molecule has 1 aromatic rings. The number of benzene rings is 1. The van der Waals surface area contributed by atoms with Gasteiger partial charge in [0.2, 0.25) is 10.0 Å². The topological polar surface area (TPSA) is 57.6 Å². The van der Waals surface area contributed by atoms with Crippen LogP contribution in [0.4, 0.5) is 4.39 Å². The quantitative estimate of drug-likeness (QED) is 0.839. The summed E-state index contributed by atoms with van der Waals surface area (Å²) in [6.07, 6.45) is 1.18. The zero-order valence-corrected chi connectivity index (χ0v) is 13.1. The molecule has 0 spiro atoms. The van der Waals surface area contributed by atoms with Crippen molar-refractivity contribution in [2.75, 3.05) is 13.2 Å². The molecule has 0 saturated carbocycles. The monoisotopic (exact) mass is 323 g/mol. The summed E-state index contributed by atoms with van der Waals surface area (Å²) in [5, 5.41) is 9.22. The number of halogens is 2. The van der Waals surface area contributed by atoms with Crippen LogP contribution in [0.1, 0.15) is 26.7 Å². The molecular formula is C13H19ClFNO3S. The summed E-state index contributed by atoms with van der Waals surface area (Å²) in [4.78, 5) is -0.415. The van der Waals surface area contributed by atoms with E-state index in [0.29, 0.717) is 12.8 Å². The first-order chi connectivity index (χ1) is 9.38. The van der Waals surface area contributed by atoms with Crippen LogP contribution in [0.25, 0.3) is 0 Å². The third-order valence-corrected chi connectivity index (χ3v) is 5.37. The van der Waals surface area contributed by atoms with Crippen LogP contribution in [0.3, 0.4) is 0 Å². The molecule has 0 unspecified atom stereocenters. The lowest BCUT2D eigenvalue weighted by molar-refractivity contribution is 0.219. The highest BCUT2D eigenvalue weighted by Crippen LogP contribution is 2.25. The van der Waals surface area contributed by atoms with Gasteiger partial charge in [-0.1, -0.05) is 25.4 Å². The van der Waals surface area contributed by atoms with Gasteiger partial charge in [-0.25, -0.2) is 12.8 Å². The molecule has 1 aromatic carbocycles. The van der Waals surface area contributed by atoms with Gasteiger partial charge in [-0.15, -0.1) is 0 Å². The van der Waals surface area contributed by atoms with Crippen molar-refractivity contribution in [1.82, 2.24) is 4.31 Å². The van der Waals surface area contributed by atoms with Gasteiger partial charge in [0.25, 0.3) is 0 Å². The van der Waals surface area contributed by atoms with Crippen LogP contribution in [0.15, 0.2) is 23.1 Å². The Balaban J connectivity index is 3.28. The minimum Gasteiger partial charge on any atom is -0.395 e. The first kappa shape index (κ1) is 17.4. The highest BCUT2D eigenvalue weighted by Gasteiger charge is 2.31. The van der Waals surface area contributed by atoms with Crippen LogP contribution < -0.4 is 0 Å². The van der Waals surface area contributed by atoms with E-state index in [9.17, 15) is 12.8 Å². The van der Waals surface area contributed by atoms with E-state index in [-0.39, 0.29) is 24.2 Å². The van der Waals surface area contributed by atoms with Crippen LogP contribution in [-0.4, -0.2) is 37.0 Å². The number of rotatable bonds is 7. The highest BCUT2D eigenvalue weighted by atomic mass is 35.5. The SMILES string of the molecule is CCC(CC)N(CCO)S(=O)(=O)c1ccc(Cl)cc1F. The molecule has 0 aromatic heterocycles. The molecule has 0 atom stereocenters. The highest BCUT2D eigenvalue weighted by molar-refractivity contribution is 7.89. The van der Waals surface area contributed by atoms with E-state index in [4.69, 9.17) is 16.7 Å². The second kappa shape index (κ2) is 7.36. The van der Waals surface area contributed by atoms with E-state index >= 15 is 0 Å². The average Bonchev–Trinajstić information content (AvgIpc) is 2.38. The van der Waals surface area contributed by atoms with E-state index in [1.165, 1.54) is 6.07 Å². The number of sulfonamides is 1. The van der Waals surface area contributed by atoms with Gasteiger partial charge in [-0.2, -0.15) is 4.31 Å². The Hall–Kier alpha value is -0.690. The molecule has 7 heteroatoms. The van der Waals surface area contributed by atoms with Gasteiger partial charge < -0.3 is 5.11 Å². The lowest BCUT2D eigenvalue weighted by Crippen LogP contribution is -2.41. The van der Waals surface area contributed by atoms with E-state index in [1.54, 1.807) is 0 Å². The number of hydrogen-bond donors (Lipinski definition) is 1. The van der Waals surface area contributed by atoms with Crippen molar-refractivity contribution in [1.29, 1.82) is 0 Å². The molecular weight excluding hydrogens is 305 g/mol. The molecule has 0 bridgehead atoms. The summed E-state index contributed by atoms with van der Waals surface area (Å²) in [5.74, 6) is -0.883. The maximum Gasteiger partial charge on any atom is 0.246 e. The Kier molecular flexibility index (Phi) is 6.39. The normalized spacial score (nSPS) is 12.3. The van der Waals surface area contributed by atoms with Crippen molar-refractivity contribution < 1.29 is 17.9 Å². The predicted molar refractivity (Wildman–Crippen MR) is 76.8 cm³/mol. The minimum atomic E-state index is -3.99. The summed E-state index contributed by atoms with van der Waals surface area (Å²) >= 11 is 5.64. The molecule has 0 aliphatic rings. The summed E-state index contributed by atoms with van der Waals surface area (Å²) in [6.45, 7) is 3.33. The van der Waals surface area contributed by atoms with Crippen molar-refractivity contribution in [3.8, 4) is 0 Å². The van der Waals surface area contributed by atoms with Gasteiger partial charge in [-0.05, 0) is 31.0 Å². The van der Waals surface area contributed by atoms with E-state index in [2.05, 4.69) is 0 Å². The van der Waals surface area contributed by atoms with Gasteiger partial charge >= 0.3 is 0 Å². The second-order valence-corrected chi connectivity index (χ2v) is 6.68. The standard InChI is InChI=1S/C13H19ClFNO3S/c1-3-11(4-2)16(7-8-17)20(18,19)13-6-5-10(14)9-12(13)15/h5-6,9,11,17H,3-4,7-8H2,1-2H3. The molecule has 4 nitrogen and oxygen atoms in total. The van der Waals surface area contributed by atoms with Crippen LogP contribution in [0, 0.1) is 5.82 Å². The fourth-order valence-electron chi connectivity index (χ4n) is 2.10. The van der Waals surface area contributed by atoms with Crippen molar-refractivity contribution in [3.63, 3.8) is 0 Å². The second-order valence-electron chi connectivity index (χ2n) is 4.38. The Bertz CT molecular complexity index is 547. The summed E-state index contributed by atoms with van der Waals surface area (Å²) in [6, 6.07) is 3.18. The van der Waals surface area contributed by atoms with Crippen LogP contribution >= 0.6 is 11.6 Å². The predicted octanol–water partition coefficient (Wildman–Crippen LogP) is 2.65. The molecule has 1 rings (SSSR count). The minimum absolute atomic E-state index is 0.0588. The van der Waals surface area contributed by atoms with Crippen LogP contribution in [0.2, 0.25) is 5.02 Å². The van der Waals surface area contributed by atoms with Crippen LogP contribution in [-0.2, 0) is 10.0 Å². The molecule has 0 amide bonds. The fraction of sp³-hybridized carbons (Fsp3) is 0.538. The first-order valence-electron chi connectivity index (χ1n) is 6.46. The summed E-state index contributed by atoms with van der Waals surface area (Å²) in [5.41, 5.74) is 0. The number of hydrogen-bond acceptors (Lipinski definition) is 3. The van der Waals surface area contributed by atoms with Gasteiger partial charge in [0.15, 0.2) is 0 Å². The van der Waals surface area contributed by atoms with E-state index < -0.39 is 20.7 Å². The molecule has 1 N–H and O–H groups in total. The number of aliphatic hydroxyl groups is 1. The number of aliphatic hydroxyl groups excluding tert-OH is 1. The zero-order valence-electron chi connectivity index (χ0n) is 11.5. The van der Waals surface area contributed by atoms with Crippen molar-refractivity contribution in [3.05, 3.63) is 29.0 Å². The van der Waals surface area contributed by atoms with Gasteiger partial charge in [-0.3, -0.25) is 0 Å². The lowest BCUT2D eigenvalue weighted by Gasteiger charge is -2.29. The maximum absolute atomic E-state index is 13.9. The van der Waals surface area contributed by atoms with Crippen molar-refractivity contribution in [2.24, 2.45) is 0 Å². The number of nitrogens with zero attached hydrogens (tertiary/aromatic N) is 1. The third kappa shape index (κ3) is 3.69. The first-order valence-corrected chi connectivity index (χ1v) is 8.28. The van der Waals surface area contributed by atoms with Crippen molar-refractivity contribution >= 4 is 21.6 Å². The lowest BCUT2D eigenvalue weighted by atomic mass is 10.2. The van der Waals surface area contributed by atoms with E-state index in [1.807, 2.05) is 13.8 Å². The smallest absolute Gasteiger partial charge is 0.246 e. The molecule has 0 aliphatic heterocycles. The summed E-state index contributed by atoms with van der Waals surface area (Å²) in [7, 11) is -3.99. The van der Waals surface area contributed by atoms with Crippen molar-refractivity contribution in [2.45, 2.75) is 37.6 Å². The Morgan fingerprint density at radius 3 is 2.40 bits per heavy atom. The van der Waals surface area contributed by atoms with E-state index in [0.717, 1.165) is 16.4 Å². The van der Waals surface area contributed by atoms with Gasteiger partial charge in [0, 0.05) is 17.6 Å². The van der Waals surface area contributed by atoms with Gasteiger partial charge in [0.05, 0.1) is 6.61 Å². The molecule has 0 saturated heterocycles. The fourth-order valence-corrected chi connectivity index (χ4v) is 4.07. The summed E-state index contributed by atoms with van der Waals surface area (Å²) < 4.78 is 40.1. The molecule has 114 valence electrons. The molecule has 0 radical (unpaired) electrons. The maximum atomic E-state index is 13.9. The third-order valence-electron chi connectivity index (χ3n) is 3.15.